The lowest BCUT2D eigenvalue weighted by Gasteiger charge is -2.33. The highest BCUT2D eigenvalue weighted by Gasteiger charge is 2.29. The maximum absolute atomic E-state index is 12.1. The van der Waals surface area contributed by atoms with Crippen LogP contribution >= 0.6 is 0 Å². The van der Waals surface area contributed by atoms with E-state index in [1.165, 1.54) is 6.42 Å². The number of hydrogen-bond acceptors (Lipinski definition) is 3. The van der Waals surface area contributed by atoms with E-state index < -0.39 is 0 Å². The number of piperidine rings is 1. The number of ether oxygens (including phenoxy) is 1. The van der Waals surface area contributed by atoms with E-state index in [1.54, 1.807) is 4.90 Å². The van der Waals surface area contributed by atoms with Crippen LogP contribution in [0.3, 0.4) is 0 Å². The van der Waals surface area contributed by atoms with E-state index in [4.69, 9.17) is 4.74 Å². The Morgan fingerprint density at radius 3 is 2.39 bits per heavy atom. The van der Waals surface area contributed by atoms with Gasteiger partial charge in [-0.3, -0.25) is 4.79 Å². The molecular formula is C18H24N2O3. The molecular weight excluding hydrogens is 292 g/mol. The van der Waals surface area contributed by atoms with Gasteiger partial charge in [-0.2, -0.15) is 0 Å². The van der Waals surface area contributed by atoms with Gasteiger partial charge in [0.05, 0.1) is 0 Å². The van der Waals surface area contributed by atoms with Gasteiger partial charge >= 0.3 is 6.09 Å². The van der Waals surface area contributed by atoms with Crippen LogP contribution in [0.1, 0.15) is 37.7 Å². The van der Waals surface area contributed by atoms with Crippen molar-refractivity contribution in [3.05, 3.63) is 35.9 Å². The van der Waals surface area contributed by atoms with E-state index in [2.05, 4.69) is 5.32 Å². The van der Waals surface area contributed by atoms with Crippen LogP contribution in [0.5, 0.6) is 0 Å². The average molecular weight is 316 g/mol. The third-order valence-corrected chi connectivity index (χ3v) is 4.78. The molecule has 0 spiro atoms. The predicted octanol–water partition coefficient (Wildman–Crippen LogP) is 2.70. The van der Waals surface area contributed by atoms with Crippen molar-refractivity contribution in [1.29, 1.82) is 0 Å². The Morgan fingerprint density at radius 1 is 1.09 bits per heavy atom. The molecule has 0 unspecified atom stereocenters. The van der Waals surface area contributed by atoms with Gasteiger partial charge in [-0.25, -0.2) is 4.79 Å². The Kier molecular flexibility index (Phi) is 5.16. The maximum atomic E-state index is 12.1. The van der Waals surface area contributed by atoms with E-state index in [1.807, 2.05) is 30.3 Å². The standard InChI is InChI=1S/C18H24N2O3/c21-17(15-7-4-8-15)19-16-9-11-20(12-10-16)18(22)23-13-14-5-2-1-3-6-14/h1-3,5-6,15-16H,4,7-13H2,(H,19,21). The van der Waals surface area contributed by atoms with Crippen LogP contribution in [-0.2, 0) is 16.1 Å². The summed E-state index contributed by atoms with van der Waals surface area (Å²) in [6, 6.07) is 9.87. The molecule has 1 saturated heterocycles. The molecule has 0 bridgehead atoms. The van der Waals surface area contributed by atoms with Gasteiger partial charge in [-0.1, -0.05) is 36.8 Å². The molecule has 3 rings (SSSR count). The molecule has 1 saturated carbocycles. The van der Waals surface area contributed by atoms with Gasteiger partial charge in [-0.15, -0.1) is 0 Å². The molecule has 124 valence electrons. The third kappa shape index (κ3) is 4.24. The van der Waals surface area contributed by atoms with Crippen molar-refractivity contribution in [2.75, 3.05) is 13.1 Å². The van der Waals surface area contributed by atoms with Crippen LogP contribution in [0, 0.1) is 5.92 Å². The molecule has 5 heteroatoms. The second-order valence-electron chi connectivity index (χ2n) is 6.44. The van der Waals surface area contributed by atoms with Crippen LogP contribution < -0.4 is 5.32 Å². The quantitative estimate of drug-likeness (QED) is 0.929. The summed E-state index contributed by atoms with van der Waals surface area (Å²) < 4.78 is 5.35. The van der Waals surface area contributed by atoms with Crippen LogP contribution in [0.15, 0.2) is 30.3 Å². The first-order valence-electron chi connectivity index (χ1n) is 8.48. The summed E-state index contributed by atoms with van der Waals surface area (Å²) in [5.74, 6) is 0.422. The first kappa shape index (κ1) is 15.8. The SMILES string of the molecule is O=C(NC1CCN(C(=O)OCc2ccccc2)CC1)C1CCC1. The smallest absolute Gasteiger partial charge is 0.410 e. The molecule has 1 aliphatic carbocycles. The normalized spacial score (nSPS) is 19.0. The summed E-state index contributed by atoms with van der Waals surface area (Å²) in [5.41, 5.74) is 0.989. The average Bonchev–Trinajstić information content (AvgIpc) is 2.52. The molecule has 1 aromatic carbocycles. The number of rotatable bonds is 4. The molecule has 1 aliphatic heterocycles. The molecule has 1 aromatic rings. The van der Waals surface area contributed by atoms with E-state index in [0.29, 0.717) is 19.7 Å². The van der Waals surface area contributed by atoms with Crippen LogP contribution in [0.25, 0.3) is 0 Å². The zero-order chi connectivity index (χ0) is 16.1. The summed E-state index contributed by atoms with van der Waals surface area (Å²) in [6.07, 6.45) is 4.56. The number of benzene rings is 1. The summed E-state index contributed by atoms with van der Waals surface area (Å²) in [6.45, 7) is 1.59. The molecule has 0 radical (unpaired) electrons. The van der Waals surface area contributed by atoms with E-state index in [9.17, 15) is 9.59 Å². The fourth-order valence-corrected chi connectivity index (χ4v) is 3.01. The topological polar surface area (TPSA) is 58.6 Å². The number of carbonyl (C=O) groups is 2. The van der Waals surface area contributed by atoms with Gasteiger partial charge in [-0.05, 0) is 31.2 Å². The second kappa shape index (κ2) is 7.49. The highest BCUT2D eigenvalue weighted by molar-refractivity contribution is 5.79. The molecule has 2 aliphatic rings. The first-order valence-corrected chi connectivity index (χ1v) is 8.48. The van der Waals surface area contributed by atoms with Gasteiger partial charge in [0, 0.05) is 25.0 Å². The summed E-state index contributed by atoms with van der Waals surface area (Å²) in [5, 5.41) is 3.12. The van der Waals surface area contributed by atoms with E-state index in [0.717, 1.165) is 31.2 Å². The third-order valence-electron chi connectivity index (χ3n) is 4.78. The molecule has 0 aromatic heterocycles. The fraction of sp³-hybridized carbons (Fsp3) is 0.556. The van der Waals surface area contributed by atoms with Crippen molar-refractivity contribution < 1.29 is 14.3 Å². The van der Waals surface area contributed by atoms with Crippen molar-refractivity contribution >= 4 is 12.0 Å². The molecule has 23 heavy (non-hydrogen) atoms. The Morgan fingerprint density at radius 2 is 1.78 bits per heavy atom. The second-order valence-corrected chi connectivity index (χ2v) is 6.44. The molecule has 2 amide bonds. The number of nitrogens with one attached hydrogen (secondary N) is 1. The number of amides is 2. The monoisotopic (exact) mass is 316 g/mol. The van der Waals surface area contributed by atoms with E-state index >= 15 is 0 Å². The zero-order valence-corrected chi connectivity index (χ0v) is 13.4. The Balaban J connectivity index is 1.38. The van der Waals surface area contributed by atoms with Gasteiger partial charge in [0.1, 0.15) is 6.61 Å². The Bertz CT molecular complexity index is 534. The van der Waals surface area contributed by atoms with E-state index in [-0.39, 0.29) is 24.0 Å². The minimum Gasteiger partial charge on any atom is -0.445 e. The van der Waals surface area contributed by atoms with Crippen molar-refractivity contribution in [3.63, 3.8) is 0 Å². The molecule has 2 fully saturated rings. The zero-order valence-electron chi connectivity index (χ0n) is 13.4. The summed E-state index contributed by atoms with van der Waals surface area (Å²) >= 11 is 0. The van der Waals surface area contributed by atoms with Gasteiger partial charge in [0.25, 0.3) is 0 Å². The lowest BCUT2D eigenvalue weighted by molar-refractivity contribution is -0.128. The lowest BCUT2D eigenvalue weighted by atomic mass is 9.84. The van der Waals surface area contributed by atoms with Gasteiger partial charge in [0.2, 0.25) is 5.91 Å². The van der Waals surface area contributed by atoms with Gasteiger partial charge < -0.3 is 15.0 Å². The highest BCUT2D eigenvalue weighted by atomic mass is 16.6. The highest BCUT2D eigenvalue weighted by Crippen LogP contribution is 2.26. The molecule has 1 heterocycles. The minimum absolute atomic E-state index is 0.196. The van der Waals surface area contributed by atoms with Crippen LogP contribution in [-0.4, -0.2) is 36.0 Å². The summed E-state index contributed by atoms with van der Waals surface area (Å²) in [7, 11) is 0. The maximum Gasteiger partial charge on any atom is 0.410 e. The first-order chi connectivity index (χ1) is 11.2. The Labute approximate surface area is 137 Å². The predicted molar refractivity (Wildman–Crippen MR) is 86.7 cm³/mol. The van der Waals surface area contributed by atoms with Crippen molar-refractivity contribution in [1.82, 2.24) is 10.2 Å². The number of likely N-dealkylation sites (tertiary alicyclic amines) is 1. The lowest BCUT2D eigenvalue weighted by Crippen LogP contribution is -2.48. The van der Waals surface area contributed by atoms with Gasteiger partial charge in [0.15, 0.2) is 0 Å². The fourth-order valence-electron chi connectivity index (χ4n) is 3.01. The van der Waals surface area contributed by atoms with Crippen molar-refractivity contribution in [2.24, 2.45) is 5.92 Å². The van der Waals surface area contributed by atoms with Crippen molar-refractivity contribution in [2.45, 2.75) is 44.8 Å². The number of hydrogen-bond donors (Lipinski definition) is 1. The molecule has 0 atom stereocenters. The molecule has 5 nitrogen and oxygen atoms in total. The number of carbonyl (C=O) groups excluding carboxylic acids is 2. The molecule has 1 N–H and O–H groups in total. The van der Waals surface area contributed by atoms with Crippen LogP contribution in [0.2, 0.25) is 0 Å². The minimum atomic E-state index is -0.266. The number of nitrogens with zero attached hydrogens (tertiary/aromatic N) is 1. The van der Waals surface area contributed by atoms with Crippen molar-refractivity contribution in [3.8, 4) is 0 Å². The summed E-state index contributed by atoms with van der Waals surface area (Å²) in [4.78, 5) is 25.8. The van der Waals surface area contributed by atoms with Crippen LogP contribution in [0.4, 0.5) is 4.79 Å². The Hall–Kier alpha value is -2.04. The largest absolute Gasteiger partial charge is 0.445 e.